The maximum atomic E-state index is 12.1. The zero-order valence-corrected chi connectivity index (χ0v) is 12.3. The van der Waals surface area contributed by atoms with Gasteiger partial charge in [0.05, 0.1) is 15.5 Å². The Balaban J connectivity index is 2.25. The van der Waals surface area contributed by atoms with Crippen molar-refractivity contribution in [3.8, 4) is 0 Å². The first-order valence-corrected chi connectivity index (χ1v) is 7.59. The number of non-ortho nitro benzene ring substituents is 1. The lowest BCUT2D eigenvalue weighted by molar-refractivity contribution is -0.385. The average molecular weight is 320 g/mol. The summed E-state index contributed by atoms with van der Waals surface area (Å²) in [5, 5.41) is 14.5. The molecule has 1 N–H and O–H groups in total. The maximum absolute atomic E-state index is 12.1. The van der Waals surface area contributed by atoms with E-state index in [0.717, 1.165) is 6.07 Å². The Morgan fingerprint density at radius 1 is 1.32 bits per heavy atom. The van der Waals surface area contributed by atoms with Gasteiger partial charge in [-0.25, -0.2) is 0 Å². The van der Waals surface area contributed by atoms with E-state index in [9.17, 15) is 18.5 Å². The van der Waals surface area contributed by atoms with Gasteiger partial charge in [-0.1, -0.05) is 12.1 Å². The zero-order valence-electron chi connectivity index (χ0n) is 11.5. The third-order valence-corrected chi connectivity index (χ3v) is 3.96. The number of pyridine rings is 1. The summed E-state index contributed by atoms with van der Waals surface area (Å²) in [6.07, 6.45) is 3.13. The first-order chi connectivity index (χ1) is 10.4. The molecule has 0 aliphatic carbocycles. The van der Waals surface area contributed by atoms with Crippen molar-refractivity contribution in [3.05, 3.63) is 64.5 Å². The Morgan fingerprint density at radius 2 is 2.09 bits per heavy atom. The van der Waals surface area contributed by atoms with Gasteiger partial charge in [0.1, 0.15) is 0 Å². The van der Waals surface area contributed by atoms with E-state index < -0.39 is 14.9 Å². The number of hydrogen-bond acceptors (Lipinski definition) is 6. The Morgan fingerprint density at radius 3 is 2.73 bits per heavy atom. The lowest BCUT2D eigenvalue weighted by Crippen LogP contribution is -2.20. The summed E-state index contributed by atoms with van der Waals surface area (Å²) in [5.74, 6) is 0. The molecular weight excluding hydrogens is 308 g/mol. The molecule has 1 aromatic heterocycles. The summed E-state index contributed by atoms with van der Waals surface area (Å²) in [4.78, 5) is 15.7. The van der Waals surface area contributed by atoms with E-state index in [4.69, 9.17) is 0 Å². The summed E-state index contributed by atoms with van der Waals surface area (Å²) in [7, 11) is -3.98. The van der Waals surface area contributed by atoms with E-state index in [1.54, 1.807) is 31.5 Å². The van der Waals surface area contributed by atoms with Crippen molar-refractivity contribution < 1.29 is 13.3 Å². The Hall–Kier alpha value is -2.81. The minimum atomic E-state index is -3.98. The summed E-state index contributed by atoms with van der Waals surface area (Å²) < 4.78 is 24.2. The molecule has 22 heavy (non-hydrogen) atoms. The van der Waals surface area contributed by atoms with Crippen molar-refractivity contribution in [2.24, 2.45) is 5.10 Å². The molecule has 1 heterocycles. The fraction of sp³-hybridized carbons (Fsp3) is 0.0769. The molecule has 114 valence electrons. The molecule has 0 saturated carbocycles. The molecule has 0 fully saturated rings. The molecule has 0 saturated heterocycles. The molecule has 9 heteroatoms. The van der Waals surface area contributed by atoms with Crippen LogP contribution in [0.25, 0.3) is 0 Å². The summed E-state index contributed by atoms with van der Waals surface area (Å²) in [5.41, 5.74) is 0.766. The molecule has 0 radical (unpaired) electrons. The number of nitro benzene ring substituents is 1. The maximum Gasteiger partial charge on any atom is 0.276 e. The second-order valence-electron chi connectivity index (χ2n) is 4.29. The van der Waals surface area contributed by atoms with Crippen molar-refractivity contribution >= 4 is 21.4 Å². The van der Waals surface area contributed by atoms with Crippen LogP contribution in [0.15, 0.2) is 58.8 Å². The van der Waals surface area contributed by atoms with Gasteiger partial charge >= 0.3 is 0 Å². The highest BCUT2D eigenvalue weighted by Gasteiger charge is 2.17. The molecule has 0 bridgehead atoms. The van der Waals surface area contributed by atoms with Gasteiger partial charge in [-0.15, -0.1) is 0 Å². The van der Waals surface area contributed by atoms with Crippen LogP contribution >= 0.6 is 0 Å². The molecule has 2 rings (SSSR count). The number of hydrogen-bond donors (Lipinski definition) is 1. The van der Waals surface area contributed by atoms with Gasteiger partial charge in [0.25, 0.3) is 15.7 Å². The van der Waals surface area contributed by atoms with Gasteiger partial charge in [-0.3, -0.25) is 15.1 Å². The Kier molecular flexibility index (Phi) is 4.47. The van der Waals surface area contributed by atoms with E-state index in [2.05, 4.69) is 10.1 Å². The van der Waals surface area contributed by atoms with Crippen LogP contribution in [0, 0.1) is 10.1 Å². The topological polar surface area (TPSA) is 115 Å². The number of rotatable bonds is 5. The number of nitrogens with one attached hydrogen (secondary N) is 1. The molecule has 2 aromatic rings. The van der Waals surface area contributed by atoms with E-state index in [1.807, 2.05) is 4.83 Å². The number of nitro groups is 1. The third-order valence-electron chi connectivity index (χ3n) is 2.75. The van der Waals surface area contributed by atoms with Gasteiger partial charge in [-0.2, -0.15) is 18.4 Å². The van der Waals surface area contributed by atoms with Crippen molar-refractivity contribution in [1.29, 1.82) is 0 Å². The highest BCUT2D eigenvalue weighted by Crippen LogP contribution is 2.17. The Bertz CT molecular complexity index is 819. The molecule has 0 atom stereocenters. The van der Waals surface area contributed by atoms with E-state index in [-0.39, 0.29) is 10.6 Å². The molecule has 0 aliphatic heterocycles. The predicted octanol–water partition coefficient (Wildman–Crippen LogP) is 1.69. The minimum absolute atomic E-state index is 0.232. The number of sulfonamides is 1. The smallest absolute Gasteiger partial charge is 0.264 e. The third kappa shape index (κ3) is 3.64. The minimum Gasteiger partial charge on any atom is -0.264 e. The SMILES string of the molecule is C/C(=N/NS(=O)(=O)c1cccc([N+](=O)[O-])c1)c1cccnc1. The van der Waals surface area contributed by atoms with Crippen LogP contribution in [-0.4, -0.2) is 24.0 Å². The van der Waals surface area contributed by atoms with E-state index >= 15 is 0 Å². The van der Waals surface area contributed by atoms with Crippen LogP contribution in [0.2, 0.25) is 0 Å². The summed E-state index contributed by atoms with van der Waals surface area (Å²) in [6, 6.07) is 8.16. The number of nitrogens with zero attached hydrogens (tertiary/aromatic N) is 3. The van der Waals surface area contributed by atoms with Gasteiger partial charge in [0.15, 0.2) is 0 Å². The normalized spacial score (nSPS) is 12.0. The van der Waals surface area contributed by atoms with E-state index in [0.29, 0.717) is 11.3 Å². The van der Waals surface area contributed by atoms with Crippen molar-refractivity contribution in [3.63, 3.8) is 0 Å². The number of aromatic nitrogens is 1. The van der Waals surface area contributed by atoms with Crippen LogP contribution in [-0.2, 0) is 10.0 Å². The van der Waals surface area contributed by atoms with Crippen molar-refractivity contribution in [2.75, 3.05) is 0 Å². The molecule has 1 aromatic carbocycles. The lowest BCUT2D eigenvalue weighted by Gasteiger charge is -2.05. The van der Waals surface area contributed by atoms with Gasteiger partial charge in [0, 0.05) is 30.1 Å². The first-order valence-electron chi connectivity index (χ1n) is 6.11. The molecular formula is C13H12N4O4S. The standard InChI is InChI=1S/C13H12N4O4S/c1-10(11-4-3-7-14-9-11)15-16-22(20,21)13-6-2-5-12(8-13)17(18)19/h2-9,16H,1H3/b15-10-. The van der Waals surface area contributed by atoms with Crippen molar-refractivity contribution in [1.82, 2.24) is 9.82 Å². The van der Waals surface area contributed by atoms with E-state index in [1.165, 1.54) is 18.2 Å². The van der Waals surface area contributed by atoms with Crippen LogP contribution in [0.1, 0.15) is 12.5 Å². The summed E-state index contributed by atoms with van der Waals surface area (Å²) in [6.45, 7) is 1.62. The molecule has 0 aliphatic rings. The van der Waals surface area contributed by atoms with Crippen LogP contribution < -0.4 is 4.83 Å². The number of benzene rings is 1. The predicted molar refractivity (Wildman–Crippen MR) is 79.9 cm³/mol. The molecule has 0 spiro atoms. The second-order valence-corrected chi connectivity index (χ2v) is 5.95. The molecule has 8 nitrogen and oxygen atoms in total. The highest BCUT2D eigenvalue weighted by atomic mass is 32.2. The van der Waals surface area contributed by atoms with Gasteiger partial charge in [-0.05, 0) is 19.1 Å². The fourth-order valence-electron chi connectivity index (χ4n) is 1.59. The monoisotopic (exact) mass is 320 g/mol. The van der Waals surface area contributed by atoms with Crippen LogP contribution in [0.3, 0.4) is 0 Å². The summed E-state index contributed by atoms with van der Waals surface area (Å²) >= 11 is 0. The van der Waals surface area contributed by atoms with Crippen molar-refractivity contribution in [2.45, 2.75) is 11.8 Å². The van der Waals surface area contributed by atoms with Crippen LogP contribution in [0.5, 0.6) is 0 Å². The quantitative estimate of drug-likeness (QED) is 0.511. The molecule has 0 amide bonds. The number of hydrazone groups is 1. The van der Waals surface area contributed by atoms with Crippen LogP contribution in [0.4, 0.5) is 5.69 Å². The first kappa shape index (κ1) is 15.6. The Labute approximate surface area is 126 Å². The highest BCUT2D eigenvalue weighted by molar-refractivity contribution is 7.89. The van der Waals surface area contributed by atoms with Gasteiger partial charge in [0.2, 0.25) is 0 Å². The second kappa shape index (κ2) is 6.31. The average Bonchev–Trinajstić information content (AvgIpc) is 2.53. The zero-order chi connectivity index (χ0) is 16.2. The molecule has 0 unspecified atom stereocenters. The van der Waals surface area contributed by atoms with Gasteiger partial charge < -0.3 is 0 Å². The largest absolute Gasteiger partial charge is 0.276 e. The fourth-order valence-corrected chi connectivity index (χ4v) is 2.48. The lowest BCUT2D eigenvalue weighted by atomic mass is 10.2.